The minimum absolute atomic E-state index is 0.114. The maximum absolute atomic E-state index is 12.3. The van der Waals surface area contributed by atoms with E-state index in [-0.39, 0.29) is 18.3 Å². The summed E-state index contributed by atoms with van der Waals surface area (Å²) >= 11 is 9.62. The standard InChI is InChI=1S/C17H15ClN4O3S3/c1-2-25-15(24)14-11(7-12(27-14)9-3-5-10(18)6-4-9)20-13(23)8-26-17-22-21-16(19)28-17/h3-7H,2,8H2,1H3,(H2,19,21)(H,20,23). The molecule has 146 valence electrons. The molecule has 2 heterocycles. The molecule has 7 nitrogen and oxygen atoms in total. The number of esters is 1. The molecule has 3 rings (SSSR count). The molecule has 0 radical (unpaired) electrons. The average Bonchev–Trinajstić information content (AvgIpc) is 3.27. The third-order valence-corrected chi connectivity index (χ3v) is 6.65. The molecule has 1 aromatic carbocycles. The highest BCUT2D eigenvalue weighted by molar-refractivity contribution is 8.01. The van der Waals surface area contributed by atoms with Gasteiger partial charge in [-0.2, -0.15) is 0 Å². The molecule has 0 unspecified atom stereocenters. The van der Waals surface area contributed by atoms with Crippen molar-refractivity contribution in [1.82, 2.24) is 10.2 Å². The summed E-state index contributed by atoms with van der Waals surface area (Å²) in [6.07, 6.45) is 0. The van der Waals surface area contributed by atoms with Crippen molar-refractivity contribution in [1.29, 1.82) is 0 Å². The summed E-state index contributed by atoms with van der Waals surface area (Å²) in [5.41, 5.74) is 6.83. The fourth-order valence-corrected chi connectivity index (χ4v) is 4.76. The number of hydrogen-bond donors (Lipinski definition) is 2. The van der Waals surface area contributed by atoms with E-state index < -0.39 is 5.97 Å². The Morgan fingerprint density at radius 2 is 2.00 bits per heavy atom. The van der Waals surface area contributed by atoms with Gasteiger partial charge in [0.2, 0.25) is 11.0 Å². The fourth-order valence-electron chi connectivity index (χ4n) is 2.18. The average molecular weight is 455 g/mol. The van der Waals surface area contributed by atoms with Crippen molar-refractivity contribution >= 4 is 68.7 Å². The smallest absolute Gasteiger partial charge is 0.350 e. The van der Waals surface area contributed by atoms with Gasteiger partial charge in [0.1, 0.15) is 4.88 Å². The number of ether oxygens (including phenoxy) is 1. The summed E-state index contributed by atoms with van der Waals surface area (Å²) in [4.78, 5) is 25.8. The van der Waals surface area contributed by atoms with Gasteiger partial charge in [-0.15, -0.1) is 21.5 Å². The third kappa shape index (κ3) is 5.22. The van der Waals surface area contributed by atoms with Gasteiger partial charge >= 0.3 is 5.97 Å². The highest BCUT2D eigenvalue weighted by Gasteiger charge is 2.20. The number of amides is 1. The Hall–Kier alpha value is -2.14. The summed E-state index contributed by atoms with van der Waals surface area (Å²) < 4.78 is 5.72. The number of halogens is 1. The van der Waals surface area contributed by atoms with Gasteiger partial charge in [-0.3, -0.25) is 4.79 Å². The molecule has 1 amide bonds. The Morgan fingerprint density at radius 3 is 2.64 bits per heavy atom. The number of nitrogen functional groups attached to an aromatic ring is 1. The van der Waals surface area contributed by atoms with Crippen molar-refractivity contribution in [2.75, 3.05) is 23.4 Å². The van der Waals surface area contributed by atoms with Gasteiger partial charge in [0.15, 0.2) is 4.34 Å². The van der Waals surface area contributed by atoms with E-state index in [0.717, 1.165) is 10.4 Å². The van der Waals surface area contributed by atoms with E-state index in [9.17, 15) is 9.59 Å². The first-order valence-corrected chi connectivity index (χ1v) is 11.0. The van der Waals surface area contributed by atoms with Crippen LogP contribution in [0.2, 0.25) is 5.02 Å². The number of rotatable bonds is 7. The molecule has 0 fully saturated rings. The Morgan fingerprint density at radius 1 is 1.25 bits per heavy atom. The van der Waals surface area contributed by atoms with Gasteiger partial charge in [-0.05, 0) is 30.7 Å². The lowest BCUT2D eigenvalue weighted by Crippen LogP contribution is -2.16. The largest absolute Gasteiger partial charge is 0.462 e. The van der Waals surface area contributed by atoms with Crippen LogP contribution in [0.4, 0.5) is 10.8 Å². The van der Waals surface area contributed by atoms with E-state index in [4.69, 9.17) is 22.1 Å². The predicted octanol–water partition coefficient (Wildman–Crippen LogP) is 4.41. The van der Waals surface area contributed by atoms with Crippen LogP contribution in [0.5, 0.6) is 0 Å². The zero-order chi connectivity index (χ0) is 20.1. The number of benzene rings is 1. The number of aromatic nitrogens is 2. The second kappa shape index (κ2) is 9.37. The Labute approximate surface area is 178 Å². The summed E-state index contributed by atoms with van der Waals surface area (Å²) in [5, 5.41) is 11.3. The van der Waals surface area contributed by atoms with Crippen LogP contribution in [0.15, 0.2) is 34.7 Å². The van der Waals surface area contributed by atoms with Crippen molar-refractivity contribution in [2.45, 2.75) is 11.3 Å². The van der Waals surface area contributed by atoms with Crippen LogP contribution >= 0.6 is 46.0 Å². The highest BCUT2D eigenvalue weighted by Crippen LogP contribution is 2.36. The lowest BCUT2D eigenvalue weighted by atomic mass is 10.2. The van der Waals surface area contributed by atoms with Crippen molar-refractivity contribution in [3.63, 3.8) is 0 Å². The van der Waals surface area contributed by atoms with Crippen LogP contribution in [0.1, 0.15) is 16.6 Å². The molecule has 11 heteroatoms. The van der Waals surface area contributed by atoms with Crippen LogP contribution in [0.3, 0.4) is 0 Å². The highest BCUT2D eigenvalue weighted by atomic mass is 35.5. The van der Waals surface area contributed by atoms with E-state index in [2.05, 4.69) is 15.5 Å². The molecule has 3 N–H and O–H groups in total. The molecule has 28 heavy (non-hydrogen) atoms. The van der Waals surface area contributed by atoms with Crippen LogP contribution < -0.4 is 11.1 Å². The van der Waals surface area contributed by atoms with Crippen molar-refractivity contribution in [3.8, 4) is 10.4 Å². The molecule has 0 atom stereocenters. The van der Waals surface area contributed by atoms with Crippen molar-refractivity contribution in [3.05, 3.63) is 40.2 Å². The molecule has 0 spiro atoms. The number of hydrogen-bond acceptors (Lipinski definition) is 9. The molecular formula is C17H15ClN4O3S3. The molecule has 0 bridgehead atoms. The summed E-state index contributed by atoms with van der Waals surface area (Å²) in [7, 11) is 0. The normalized spacial score (nSPS) is 10.6. The first-order chi connectivity index (χ1) is 13.5. The maximum atomic E-state index is 12.3. The molecule has 0 saturated heterocycles. The number of nitrogens with one attached hydrogen (secondary N) is 1. The van der Waals surface area contributed by atoms with Gasteiger partial charge in [0.05, 0.1) is 18.0 Å². The Balaban J connectivity index is 1.78. The van der Waals surface area contributed by atoms with Gasteiger partial charge in [-0.1, -0.05) is 46.8 Å². The first-order valence-electron chi connectivity index (χ1n) is 8.04. The zero-order valence-corrected chi connectivity index (χ0v) is 17.8. The third-order valence-electron chi connectivity index (χ3n) is 3.34. The summed E-state index contributed by atoms with van der Waals surface area (Å²) in [6.45, 7) is 1.98. The zero-order valence-electron chi connectivity index (χ0n) is 14.6. The monoisotopic (exact) mass is 454 g/mol. The fraction of sp³-hybridized carbons (Fsp3) is 0.176. The topological polar surface area (TPSA) is 107 Å². The van der Waals surface area contributed by atoms with Gasteiger partial charge in [0.25, 0.3) is 0 Å². The van der Waals surface area contributed by atoms with E-state index in [1.807, 2.05) is 12.1 Å². The molecule has 2 aromatic heterocycles. The van der Waals surface area contributed by atoms with Gasteiger partial charge < -0.3 is 15.8 Å². The molecule has 0 aliphatic carbocycles. The van der Waals surface area contributed by atoms with Gasteiger partial charge in [-0.25, -0.2) is 4.79 Å². The van der Waals surface area contributed by atoms with Crippen LogP contribution in [0.25, 0.3) is 10.4 Å². The van der Waals surface area contributed by atoms with E-state index >= 15 is 0 Å². The lowest BCUT2D eigenvalue weighted by Gasteiger charge is -2.05. The lowest BCUT2D eigenvalue weighted by molar-refractivity contribution is -0.113. The van der Waals surface area contributed by atoms with E-state index in [1.165, 1.54) is 34.4 Å². The molecule has 0 aliphatic heterocycles. The quantitative estimate of drug-likeness (QED) is 0.402. The number of thiophene rings is 1. The second-order valence-electron chi connectivity index (χ2n) is 5.32. The van der Waals surface area contributed by atoms with Gasteiger partial charge in [0, 0.05) is 9.90 Å². The molecular weight excluding hydrogens is 440 g/mol. The second-order valence-corrected chi connectivity index (χ2v) is 9.04. The number of carbonyl (C=O) groups is 2. The van der Waals surface area contributed by atoms with E-state index in [0.29, 0.717) is 25.1 Å². The minimum Gasteiger partial charge on any atom is -0.462 e. The van der Waals surface area contributed by atoms with Crippen LogP contribution in [-0.2, 0) is 9.53 Å². The number of nitrogens with zero attached hydrogens (tertiary/aromatic N) is 2. The van der Waals surface area contributed by atoms with Crippen LogP contribution in [-0.4, -0.2) is 34.4 Å². The van der Waals surface area contributed by atoms with Crippen molar-refractivity contribution < 1.29 is 14.3 Å². The summed E-state index contributed by atoms with van der Waals surface area (Å²) in [5.74, 6) is -0.638. The number of carbonyl (C=O) groups excluding carboxylic acids is 2. The molecule has 0 saturated carbocycles. The number of anilines is 2. The number of nitrogens with two attached hydrogens (primary N) is 1. The predicted molar refractivity (Wildman–Crippen MR) is 114 cm³/mol. The Bertz CT molecular complexity index is 988. The first kappa shape index (κ1) is 20.6. The SMILES string of the molecule is CCOC(=O)c1sc(-c2ccc(Cl)cc2)cc1NC(=O)CSc1nnc(N)s1. The maximum Gasteiger partial charge on any atom is 0.350 e. The molecule has 3 aromatic rings. The number of thioether (sulfide) groups is 1. The van der Waals surface area contributed by atoms with Crippen molar-refractivity contribution in [2.24, 2.45) is 0 Å². The summed E-state index contributed by atoms with van der Waals surface area (Å²) in [6, 6.07) is 8.99. The van der Waals surface area contributed by atoms with E-state index in [1.54, 1.807) is 25.1 Å². The Kier molecular flexibility index (Phi) is 6.89. The van der Waals surface area contributed by atoms with Crippen LogP contribution in [0, 0.1) is 0 Å². The molecule has 0 aliphatic rings. The minimum atomic E-state index is -0.479.